The van der Waals surface area contributed by atoms with Crippen molar-refractivity contribution in [2.24, 2.45) is 0 Å². The highest BCUT2D eigenvalue weighted by Gasteiger charge is 2.15. The SMILES string of the molecule is COc1cc(CCC(=O)Nc2nc(-c3ccc(Cl)cc3)c(C)s2)cc(OC)c1OC. The smallest absolute Gasteiger partial charge is 0.226 e. The van der Waals surface area contributed by atoms with Crippen LogP contribution in [0.2, 0.25) is 5.02 Å². The number of halogens is 1. The molecule has 8 heteroatoms. The third kappa shape index (κ3) is 5.04. The number of nitrogens with zero attached hydrogens (tertiary/aromatic N) is 1. The Balaban J connectivity index is 1.67. The number of aryl methyl sites for hydroxylation is 2. The first-order valence-electron chi connectivity index (χ1n) is 9.27. The predicted molar refractivity (Wildman–Crippen MR) is 120 cm³/mol. The van der Waals surface area contributed by atoms with Gasteiger partial charge in [-0.25, -0.2) is 4.98 Å². The van der Waals surface area contributed by atoms with Gasteiger partial charge >= 0.3 is 0 Å². The lowest BCUT2D eigenvalue weighted by Crippen LogP contribution is -2.12. The fourth-order valence-electron chi connectivity index (χ4n) is 3.04. The second-order valence-electron chi connectivity index (χ2n) is 6.51. The largest absolute Gasteiger partial charge is 0.493 e. The molecule has 1 amide bonds. The number of methoxy groups -OCH3 is 3. The van der Waals surface area contributed by atoms with Crippen LogP contribution in [0.4, 0.5) is 5.13 Å². The normalized spacial score (nSPS) is 10.6. The molecule has 0 spiro atoms. The van der Waals surface area contributed by atoms with Crippen LogP contribution in [0.3, 0.4) is 0 Å². The number of amides is 1. The number of nitrogens with one attached hydrogen (secondary N) is 1. The number of rotatable bonds is 8. The summed E-state index contributed by atoms with van der Waals surface area (Å²) in [4.78, 5) is 18.1. The maximum atomic E-state index is 12.5. The van der Waals surface area contributed by atoms with Crippen molar-refractivity contribution in [3.05, 3.63) is 51.9 Å². The summed E-state index contributed by atoms with van der Waals surface area (Å²) in [5, 5.41) is 4.14. The Labute approximate surface area is 184 Å². The quantitative estimate of drug-likeness (QED) is 0.503. The van der Waals surface area contributed by atoms with Gasteiger partial charge in [-0.05, 0) is 43.2 Å². The number of anilines is 1. The monoisotopic (exact) mass is 446 g/mol. The summed E-state index contributed by atoms with van der Waals surface area (Å²) in [5.41, 5.74) is 2.72. The molecule has 1 N–H and O–H groups in total. The van der Waals surface area contributed by atoms with Gasteiger partial charge in [0, 0.05) is 21.9 Å². The molecule has 0 atom stereocenters. The standard InChI is InChI=1S/C22H23ClN2O4S/c1-13-20(15-6-8-16(23)9-7-15)25-22(30-13)24-19(26)10-5-14-11-17(27-2)21(29-4)18(12-14)28-3/h6-9,11-12H,5,10H2,1-4H3,(H,24,25,26). The van der Waals surface area contributed by atoms with Crippen molar-refractivity contribution >= 4 is 34.0 Å². The molecule has 0 bridgehead atoms. The lowest BCUT2D eigenvalue weighted by atomic mass is 10.1. The van der Waals surface area contributed by atoms with E-state index in [0.29, 0.717) is 40.2 Å². The van der Waals surface area contributed by atoms with Crippen LogP contribution in [0.1, 0.15) is 16.9 Å². The molecule has 2 aromatic carbocycles. The van der Waals surface area contributed by atoms with Crippen molar-refractivity contribution < 1.29 is 19.0 Å². The van der Waals surface area contributed by atoms with Crippen LogP contribution in [0.25, 0.3) is 11.3 Å². The topological polar surface area (TPSA) is 69.7 Å². The maximum Gasteiger partial charge on any atom is 0.226 e. The van der Waals surface area contributed by atoms with E-state index in [2.05, 4.69) is 10.3 Å². The number of aromatic nitrogens is 1. The van der Waals surface area contributed by atoms with E-state index < -0.39 is 0 Å². The van der Waals surface area contributed by atoms with Gasteiger partial charge in [0.05, 0.1) is 27.0 Å². The van der Waals surface area contributed by atoms with Gasteiger partial charge < -0.3 is 19.5 Å². The summed E-state index contributed by atoms with van der Waals surface area (Å²) in [6.45, 7) is 1.98. The summed E-state index contributed by atoms with van der Waals surface area (Å²) >= 11 is 7.40. The number of benzene rings is 2. The minimum absolute atomic E-state index is 0.111. The van der Waals surface area contributed by atoms with E-state index >= 15 is 0 Å². The number of ether oxygens (including phenoxy) is 3. The zero-order valence-corrected chi connectivity index (χ0v) is 18.8. The van der Waals surface area contributed by atoms with Crippen molar-refractivity contribution in [1.29, 1.82) is 0 Å². The van der Waals surface area contributed by atoms with E-state index in [1.807, 2.05) is 43.3 Å². The van der Waals surface area contributed by atoms with E-state index in [1.54, 1.807) is 21.3 Å². The van der Waals surface area contributed by atoms with E-state index in [4.69, 9.17) is 25.8 Å². The molecule has 0 unspecified atom stereocenters. The molecule has 30 heavy (non-hydrogen) atoms. The van der Waals surface area contributed by atoms with Gasteiger partial charge in [0.15, 0.2) is 16.6 Å². The number of hydrogen-bond acceptors (Lipinski definition) is 6. The molecular weight excluding hydrogens is 424 g/mol. The molecule has 0 radical (unpaired) electrons. The summed E-state index contributed by atoms with van der Waals surface area (Å²) in [7, 11) is 4.69. The van der Waals surface area contributed by atoms with Gasteiger partial charge in [0.25, 0.3) is 0 Å². The number of thiazole rings is 1. The molecule has 0 saturated carbocycles. The van der Waals surface area contributed by atoms with Crippen molar-refractivity contribution in [1.82, 2.24) is 4.98 Å². The third-order valence-electron chi connectivity index (χ3n) is 4.53. The minimum Gasteiger partial charge on any atom is -0.493 e. The molecule has 3 aromatic rings. The lowest BCUT2D eigenvalue weighted by molar-refractivity contribution is -0.116. The van der Waals surface area contributed by atoms with Gasteiger partial charge in [-0.15, -0.1) is 11.3 Å². The Morgan fingerprint density at radius 3 is 2.27 bits per heavy atom. The average molecular weight is 447 g/mol. The molecule has 1 aromatic heterocycles. The molecule has 158 valence electrons. The number of carbonyl (C=O) groups excluding carboxylic acids is 1. The molecule has 0 aliphatic heterocycles. The highest BCUT2D eigenvalue weighted by molar-refractivity contribution is 7.16. The van der Waals surface area contributed by atoms with Crippen LogP contribution in [0, 0.1) is 6.92 Å². The molecular formula is C22H23ClN2O4S. The van der Waals surface area contributed by atoms with Crippen LogP contribution in [0.5, 0.6) is 17.2 Å². The molecule has 0 fully saturated rings. The first-order valence-corrected chi connectivity index (χ1v) is 10.5. The molecule has 6 nitrogen and oxygen atoms in total. The summed E-state index contributed by atoms with van der Waals surface area (Å²) in [6.07, 6.45) is 0.824. The first-order chi connectivity index (χ1) is 14.4. The Bertz CT molecular complexity index is 1010. The Morgan fingerprint density at radius 1 is 1.07 bits per heavy atom. The van der Waals surface area contributed by atoms with Crippen LogP contribution in [-0.4, -0.2) is 32.2 Å². The van der Waals surface area contributed by atoms with Crippen LogP contribution < -0.4 is 19.5 Å². The zero-order valence-electron chi connectivity index (χ0n) is 17.2. The predicted octanol–water partition coefficient (Wildman–Crippen LogP) is 5.37. The van der Waals surface area contributed by atoms with E-state index in [9.17, 15) is 4.79 Å². The average Bonchev–Trinajstić information content (AvgIpc) is 3.11. The summed E-state index contributed by atoms with van der Waals surface area (Å²) in [6, 6.07) is 11.2. The van der Waals surface area contributed by atoms with E-state index in [0.717, 1.165) is 21.7 Å². The van der Waals surface area contributed by atoms with Crippen molar-refractivity contribution in [3.63, 3.8) is 0 Å². The minimum atomic E-state index is -0.111. The van der Waals surface area contributed by atoms with Crippen LogP contribution in [-0.2, 0) is 11.2 Å². The zero-order chi connectivity index (χ0) is 21.7. The molecule has 0 aliphatic rings. The maximum absolute atomic E-state index is 12.5. The Kier molecular flexibility index (Phi) is 7.18. The molecule has 0 aliphatic carbocycles. The van der Waals surface area contributed by atoms with E-state index in [-0.39, 0.29) is 5.91 Å². The number of carbonyl (C=O) groups is 1. The van der Waals surface area contributed by atoms with Crippen LogP contribution in [0.15, 0.2) is 36.4 Å². The second kappa shape index (κ2) is 9.82. The number of hydrogen-bond donors (Lipinski definition) is 1. The highest BCUT2D eigenvalue weighted by Crippen LogP contribution is 2.38. The summed E-state index contributed by atoms with van der Waals surface area (Å²) < 4.78 is 16.1. The lowest BCUT2D eigenvalue weighted by Gasteiger charge is -2.14. The Hall–Kier alpha value is -2.77. The first kappa shape index (κ1) is 21.9. The van der Waals surface area contributed by atoms with Gasteiger partial charge in [-0.2, -0.15) is 0 Å². The van der Waals surface area contributed by atoms with Crippen molar-refractivity contribution in [3.8, 4) is 28.5 Å². The van der Waals surface area contributed by atoms with Crippen molar-refractivity contribution in [2.45, 2.75) is 19.8 Å². The molecule has 1 heterocycles. The van der Waals surface area contributed by atoms with Gasteiger partial charge in [0.1, 0.15) is 0 Å². The van der Waals surface area contributed by atoms with Gasteiger partial charge in [-0.1, -0.05) is 23.7 Å². The second-order valence-corrected chi connectivity index (χ2v) is 8.15. The van der Waals surface area contributed by atoms with Gasteiger partial charge in [0.2, 0.25) is 11.7 Å². The Morgan fingerprint density at radius 2 is 1.70 bits per heavy atom. The van der Waals surface area contributed by atoms with Crippen molar-refractivity contribution in [2.75, 3.05) is 26.6 Å². The van der Waals surface area contributed by atoms with E-state index in [1.165, 1.54) is 11.3 Å². The summed E-state index contributed by atoms with van der Waals surface area (Å²) in [5.74, 6) is 1.55. The molecule has 0 saturated heterocycles. The van der Waals surface area contributed by atoms with Crippen LogP contribution >= 0.6 is 22.9 Å². The third-order valence-corrected chi connectivity index (χ3v) is 5.66. The fraction of sp³-hybridized carbons (Fsp3) is 0.273. The molecule has 3 rings (SSSR count). The fourth-order valence-corrected chi connectivity index (χ4v) is 4.02. The van der Waals surface area contributed by atoms with Gasteiger partial charge in [-0.3, -0.25) is 4.79 Å². The highest BCUT2D eigenvalue weighted by atomic mass is 35.5.